The number of amides is 1. The molecule has 1 amide bonds. The molecule has 0 aliphatic heterocycles. The monoisotopic (exact) mass is 327 g/mol. The summed E-state index contributed by atoms with van der Waals surface area (Å²) in [5.74, 6) is 0.00247. The normalized spacial score (nSPS) is 10.8. The van der Waals surface area contributed by atoms with Crippen molar-refractivity contribution in [2.24, 2.45) is 0 Å². The average molecular weight is 327 g/mol. The first-order chi connectivity index (χ1) is 11.7. The van der Waals surface area contributed by atoms with Gasteiger partial charge in [0.1, 0.15) is 17.2 Å². The van der Waals surface area contributed by atoms with Gasteiger partial charge in [-0.1, -0.05) is 13.3 Å². The van der Waals surface area contributed by atoms with Crippen LogP contribution in [0.5, 0.6) is 0 Å². The number of nitrogens with one attached hydrogen (secondary N) is 1. The van der Waals surface area contributed by atoms with Crippen molar-refractivity contribution < 1.29 is 13.6 Å². The number of hydrogen-bond acceptors (Lipinski definition) is 3. The molecule has 6 heteroatoms. The molecule has 3 rings (SSSR count). The molecule has 124 valence electrons. The van der Waals surface area contributed by atoms with Crippen LogP contribution in [0.2, 0.25) is 0 Å². The Labute approximate surface area is 139 Å². The van der Waals surface area contributed by atoms with Crippen molar-refractivity contribution in [3.63, 3.8) is 0 Å². The number of unbranched alkanes of at least 4 members (excludes halogenated alkanes) is 1. The minimum Gasteiger partial charge on any atom is -0.463 e. The van der Waals surface area contributed by atoms with Crippen LogP contribution >= 0.6 is 0 Å². The summed E-state index contributed by atoms with van der Waals surface area (Å²) in [6, 6.07) is 11.0. The second kappa shape index (κ2) is 7.12. The Morgan fingerprint density at radius 2 is 2.08 bits per heavy atom. The summed E-state index contributed by atoms with van der Waals surface area (Å²) >= 11 is 0. The molecule has 0 unspecified atom stereocenters. The summed E-state index contributed by atoms with van der Waals surface area (Å²) < 4.78 is 20.0. The van der Waals surface area contributed by atoms with Gasteiger partial charge in [0.05, 0.1) is 12.0 Å². The number of furan rings is 1. The maximum absolute atomic E-state index is 13.2. The van der Waals surface area contributed by atoms with E-state index in [1.54, 1.807) is 36.6 Å². The van der Waals surface area contributed by atoms with Gasteiger partial charge in [0.15, 0.2) is 5.76 Å². The third-order valence-electron chi connectivity index (χ3n) is 3.60. The SMILES string of the molecule is CCCCNC(=O)c1cc(-c2ccco2)nn1-c1ccc(F)cc1. The van der Waals surface area contributed by atoms with Crippen LogP contribution in [0.1, 0.15) is 30.3 Å². The molecule has 1 aromatic carbocycles. The van der Waals surface area contributed by atoms with E-state index in [4.69, 9.17) is 4.42 Å². The standard InChI is InChI=1S/C18H18FN3O2/c1-2-3-10-20-18(23)16-12-15(17-5-4-11-24-17)21-22(16)14-8-6-13(19)7-9-14/h4-9,11-12H,2-3,10H2,1H3,(H,20,23). The minimum absolute atomic E-state index is 0.224. The molecule has 0 aliphatic rings. The summed E-state index contributed by atoms with van der Waals surface area (Å²) in [6.45, 7) is 2.66. The molecule has 0 aliphatic carbocycles. The summed E-state index contributed by atoms with van der Waals surface area (Å²) in [5, 5.41) is 7.32. The molecule has 0 atom stereocenters. The fourth-order valence-corrected chi connectivity index (χ4v) is 2.34. The molecule has 0 saturated heterocycles. The average Bonchev–Trinajstić information content (AvgIpc) is 3.25. The van der Waals surface area contributed by atoms with Crippen LogP contribution in [0.4, 0.5) is 4.39 Å². The van der Waals surface area contributed by atoms with E-state index in [1.807, 2.05) is 0 Å². The van der Waals surface area contributed by atoms with Crippen LogP contribution in [0, 0.1) is 5.82 Å². The Morgan fingerprint density at radius 1 is 1.29 bits per heavy atom. The lowest BCUT2D eigenvalue weighted by Crippen LogP contribution is -2.26. The van der Waals surface area contributed by atoms with Crippen molar-refractivity contribution in [1.82, 2.24) is 15.1 Å². The number of aromatic nitrogens is 2. The number of halogens is 1. The van der Waals surface area contributed by atoms with E-state index in [-0.39, 0.29) is 11.7 Å². The molecule has 5 nitrogen and oxygen atoms in total. The molecule has 1 N–H and O–H groups in total. The van der Waals surface area contributed by atoms with E-state index in [0.717, 1.165) is 12.8 Å². The zero-order valence-electron chi connectivity index (χ0n) is 13.3. The highest BCUT2D eigenvalue weighted by atomic mass is 19.1. The summed E-state index contributed by atoms with van der Waals surface area (Å²) in [5.41, 5.74) is 1.53. The Hall–Kier alpha value is -2.89. The number of benzene rings is 1. The van der Waals surface area contributed by atoms with Crippen molar-refractivity contribution in [2.45, 2.75) is 19.8 Å². The molecular weight excluding hydrogens is 309 g/mol. The number of rotatable bonds is 6. The van der Waals surface area contributed by atoms with Crippen molar-refractivity contribution in [1.29, 1.82) is 0 Å². The first-order valence-corrected chi connectivity index (χ1v) is 7.87. The van der Waals surface area contributed by atoms with Gasteiger partial charge >= 0.3 is 0 Å². The maximum atomic E-state index is 13.2. The van der Waals surface area contributed by atoms with Crippen molar-refractivity contribution in [3.8, 4) is 17.1 Å². The van der Waals surface area contributed by atoms with Crippen molar-refractivity contribution in [3.05, 3.63) is 60.2 Å². The van der Waals surface area contributed by atoms with Gasteiger partial charge in [-0.25, -0.2) is 9.07 Å². The molecule has 0 bridgehead atoms. The van der Waals surface area contributed by atoms with E-state index in [9.17, 15) is 9.18 Å². The van der Waals surface area contributed by atoms with Crippen LogP contribution in [-0.4, -0.2) is 22.2 Å². The summed E-state index contributed by atoms with van der Waals surface area (Å²) in [4.78, 5) is 12.5. The number of carbonyl (C=O) groups excluding carboxylic acids is 1. The fraction of sp³-hybridized carbons (Fsp3) is 0.222. The largest absolute Gasteiger partial charge is 0.463 e. The minimum atomic E-state index is -0.342. The molecule has 2 aromatic heterocycles. The molecule has 24 heavy (non-hydrogen) atoms. The Balaban J connectivity index is 1.98. The molecule has 0 saturated carbocycles. The second-order valence-corrected chi connectivity index (χ2v) is 5.39. The molecule has 3 aromatic rings. The smallest absolute Gasteiger partial charge is 0.270 e. The van der Waals surface area contributed by atoms with Gasteiger partial charge in [0.25, 0.3) is 5.91 Å². The van der Waals surface area contributed by atoms with Crippen LogP contribution < -0.4 is 5.32 Å². The van der Waals surface area contributed by atoms with E-state index < -0.39 is 0 Å². The van der Waals surface area contributed by atoms with Crippen LogP contribution in [0.25, 0.3) is 17.1 Å². The Kier molecular flexibility index (Phi) is 4.74. The molecular formula is C18H18FN3O2. The highest BCUT2D eigenvalue weighted by molar-refractivity contribution is 5.94. The predicted molar refractivity (Wildman–Crippen MR) is 88.5 cm³/mol. The zero-order valence-corrected chi connectivity index (χ0v) is 13.3. The van der Waals surface area contributed by atoms with E-state index in [2.05, 4.69) is 17.3 Å². The highest BCUT2D eigenvalue weighted by Crippen LogP contribution is 2.22. The maximum Gasteiger partial charge on any atom is 0.270 e. The van der Waals surface area contributed by atoms with Crippen molar-refractivity contribution in [2.75, 3.05) is 6.54 Å². The van der Waals surface area contributed by atoms with Crippen LogP contribution in [0.15, 0.2) is 53.1 Å². The number of carbonyl (C=O) groups is 1. The predicted octanol–water partition coefficient (Wildman–Crippen LogP) is 3.80. The number of nitrogens with zero attached hydrogens (tertiary/aromatic N) is 2. The lowest BCUT2D eigenvalue weighted by Gasteiger charge is -2.08. The fourth-order valence-electron chi connectivity index (χ4n) is 2.34. The third-order valence-corrected chi connectivity index (χ3v) is 3.60. The molecule has 0 fully saturated rings. The van der Waals surface area contributed by atoms with Gasteiger partial charge < -0.3 is 9.73 Å². The summed E-state index contributed by atoms with van der Waals surface area (Å²) in [7, 11) is 0. The number of hydrogen-bond donors (Lipinski definition) is 1. The topological polar surface area (TPSA) is 60.1 Å². The van der Waals surface area contributed by atoms with Gasteiger partial charge in [-0.15, -0.1) is 0 Å². The van der Waals surface area contributed by atoms with Gasteiger partial charge in [-0.2, -0.15) is 5.10 Å². The molecule has 2 heterocycles. The second-order valence-electron chi connectivity index (χ2n) is 5.39. The lowest BCUT2D eigenvalue weighted by atomic mass is 10.2. The van der Waals surface area contributed by atoms with Gasteiger partial charge in [-0.3, -0.25) is 4.79 Å². The quantitative estimate of drug-likeness (QED) is 0.701. The van der Waals surface area contributed by atoms with E-state index in [0.29, 0.717) is 29.4 Å². The lowest BCUT2D eigenvalue weighted by molar-refractivity contribution is 0.0945. The third kappa shape index (κ3) is 3.37. The van der Waals surface area contributed by atoms with E-state index in [1.165, 1.54) is 16.8 Å². The van der Waals surface area contributed by atoms with Gasteiger partial charge in [-0.05, 0) is 42.8 Å². The Bertz CT molecular complexity index is 807. The molecule has 0 spiro atoms. The highest BCUT2D eigenvalue weighted by Gasteiger charge is 2.18. The van der Waals surface area contributed by atoms with E-state index >= 15 is 0 Å². The van der Waals surface area contributed by atoms with Crippen LogP contribution in [0.3, 0.4) is 0 Å². The molecule has 0 radical (unpaired) electrons. The van der Waals surface area contributed by atoms with Gasteiger partial charge in [0.2, 0.25) is 0 Å². The Morgan fingerprint density at radius 3 is 2.75 bits per heavy atom. The first-order valence-electron chi connectivity index (χ1n) is 7.87. The van der Waals surface area contributed by atoms with Gasteiger partial charge in [0, 0.05) is 12.6 Å². The van der Waals surface area contributed by atoms with Crippen molar-refractivity contribution >= 4 is 5.91 Å². The summed E-state index contributed by atoms with van der Waals surface area (Å²) in [6.07, 6.45) is 3.45. The first kappa shape index (κ1) is 16.0. The zero-order chi connectivity index (χ0) is 16.9. The van der Waals surface area contributed by atoms with Crippen LogP contribution in [-0.2, 0) is 0 Å².